The molecule has 0 saturated heterocycles. The molecule has 25 heavy (non-hydrogen) atoms. The van der Waals surface area contributed by atoms with Gasteiger partial charge in [0, 0.05) is 18.1 Å². The van der Waals surface area contributed by atoms with Gasteiger partial charge in [-0.1, -0.05) is 18.2 Å². The SMILES string of the molecule is CC1(C)Cc2cccc(Cn3cnc4cc(F)c(F)cc4c3=O)c2O1. The van der Waals surface area contributed by atoms with Crippen LogP contribution in [0.25, 0.3) is 10.9 Å². The molecule has 4 nitrogen and oxygen atoms in total. The summed E-state index contributed by atoms with van der Waals surface area (Å²) in [5.74, 6) is -1.30. The molecular weight excluding hydrogens is 326 g/mol. The molecule has 1 aromatic heterocycles. The van der Waals surface area contributed by atoms with Crippen molar-refractivity contribution < 1.29 is 13.5 Å². The first kappa shape index (κ1) is 15.7. The molecule has 6 heteroatoms. The van der Waals surface area contributed by atoms with E-state index in [0.717, 1.165) is 35.4 Å². The van der Waals surface area contributed by atoms with Crippen molar-refractivity contribution in [2.45, 2.75) is 32.4 Å². The highest BCUT2D eigenvalue weighted by Crippen LogP contribution is 2.37. The Morgan fingerprint density at radius 1 is 1.24 bits per heavy atom. The molecule has 2 aromatic carbocycles. The van der Waals surface area contributed by atoms with Crippen molar-refractivity contribution in [2.24, 2.45) is 0 Å². The van der Waals surface area contributed by atoms with E-state index in [-0.39, 0.29) is 23.0 Å². The summed E-state index contributed by atoms with van der Waals surface area (Å²) in [5.41, 5.74) is 1.38. The molecule has 0 N–H and O–H groups in total. The molecule has 0 saturated carbocycles. The van der Waals surface area contributed by atoms with Crippen molar-refractivity contribution >= 4 is 10.9 Å². The number of para-hydroxylation sites is 1. The Balaban J connectivity index is 1.78. The van der Waals surface area contributed by atoms with Gasteiger partial charge in [-0.25, -0.2) is 13.8 Å². The number of hydrogen-bond donors (Lipinski definition) is 0. The molecule has 0 atom stereocenters. The second kappa shape index (κ2) is 5.37. The standard InChI is InChI=1S/C19H16F2N2O2/c1-19(2)8-11-4-3-5-12(17(11)25-19)9-23-10-22-16-7-15(21)14(20)6-13(16)18(23)24/h3-7,10H,8-9H2,1-2H3. The van der Waals surface area contributed by atoms with Crippen LogP contribution in [0.4, 0.5) is 8.78 Å². The maximum Gasteiger partial charge on any atom is 0.261 e. The summed E-state index contributed by atoms with van der Waals surface area (Å²) < 4.78 is 34.2. The van der Waals surface area contributed by atoms with E-state index in [1.54, 1.807) is 0 Å². The summed E-state index contributed by atoms with van der Waals surface area (Å²) in [6.45, 7) is 4.27. The van der Waals surface area contributed by atoms with E-state index >= 15 is 0 Å². The van der Waals surface area contributed by atoms with Crippen LogP contribution in [0.2, 0.25) is 0 Å². The fourth-order valence-corrected chi connectivity index (χ4v) is 3.25. The van der Waals surface area contributed by atoms with Gasteiger partial charge in [0.25, 0.3) is 5.56 Å². The predicted octanol–water partition coefficient (Wildman–Crippen LogP) is 3.44. The van der Waals surface area contributed by atoms with Crippen LogP contribution in [0.15, 0.2) is 41.5 Å². The van der Waals surface area contributed by atoms with Crippen LogP contribution in [0.3, 0.4) is 0 Å². The molecular formula is C19H16F2N2O2. The number of ether oxygens (including phenoxy) is 1. The fourth-order valence-electron chi connectivity index (χ4n) is 3.25. The molecule has 4 rings (SSSR count). The molecule has 1 aliphatic rings. The molecule has 1 aliphatic heterocycles. The largest absolute Gasteiger partial charge is 0.487 e. The zero-order chi connectivity index (χ0) is 17.8. The molecule has 0 aliphatic carbocycles. The van der Waals surface area contributed by atoms with Crippen LogP contribution in [0.5, 0.6) is 5.75 Å². The van der Waals surface area contributed by atoms with Crippen LogP contribution in [0.1, 0.15) is 25.0 Å². The lowest BCUT2D eigenvalue weighted by atomic mass is 10.0. The van der Waals surface area contributed by atoms with E-state index in [4.69, 9.17) is 4.74 Å². The van der Waals surface area contributed by atoms with Crippen molar-refractivity contribution in [1.29, 1.82) is 0 Å². The Morgan fingerprint density at radius 2 is 2.00 bits per heavy atom. The topological polar surface area (TPSA) is 44.1 Å². The van der Waals surface area contributed by atoms with Gasteiger partial charge in [-0.2, -0.15) is 0 Å². The predicted molar refractivity (Wildman–Crippen MR) is 89.9 cm³/mol. The van der Waals surface area contributed by atoms with Gasteiger partial charge in [0.2, 0.25) is 0 Å². The monoisotopic (exact) mass is 342 g/mol. The molecule has 0 unspecified atom stereocenters. The molecule has 2 heterocycles. The van der Waals surface area contributed by atoms with E-state index in [9.17, 15) is 13.6 Å². The van der Waals surface area contributed by atoms with Crippen LogP contribution >= 0.6 is 0 Å². The van der Waals surface area contributed by atoms with Crippen LogP contribution in [-0.4, -0.2) is 15.2 Å². The van der Waals surface area contributed by atoms with Gasteiger partial charge in [0.15, 0.2) is 11.6 Å². The summed E-state index contributed by atoms with van der Waals surface area (Å²) in [4.78, 5) is 16.7. The Kier molecular flexibility index (Phi) is 3.39. The van der Waals surface area contributed by atoms with E-state index in [1.165, 1.54) is 10.9 Å². The first-order valence-electron chi connectivity index (χ1n) is 7.98. The Hall–Kier alpha value is -2.76. The molecule has 3 aromatic rings. The highest BCUT2D eigenvalue weighted by atomic mass is 19.2. The van der Waals surface area contributed by atoms with Crippen LogP contribution in [0, 0.1) is 11.6 Å². The van der Waals surface area contributed by atoms with Crippen molar-refractivity contribution in [1.82, 2.24) is 9.55 Å². The lowest BCUT2D eigenvalue weighted by molar-refractivity contribution is 0.137. The number of rotatable bonds is 2. The smallest absolute Gasteiger partial charge is 0.261 e. The van der Waals surface area contributed by atoms with E-state index in [2.05, 4.69) is 4.98 Å². The third-order valence-electron chi connectivity index (χ3n) is 4.38. The third-order valence-corrected chi connectivity index (χ3v) is 4.38. The Bertz CT molecular complexity index is 1060. The average Bonchev–Trinajstić information content (AvgIpc) is 2.87. The van der Waals surface area contributed by atoms with Gasteiger partial charge < -0.3 is 4.74 Å². The highest BCUT2D eigenvalue weighted by molar-refractivity contribution is 5.77. The van der Waals surface area contributed by atoms with E-state index < -0.39 is 17.2 Å². The lowest BCUT2D eigenvalue weighted by Gasteiger charge is -2.18. The first-order chi connectivity index (χ1) is 11.8. The second-order valence-electron chi connectivity index (χ2n) is 6.91. The maximum absolute atomic E-state index is 13.5. The fraction of sp³-hybridized carbons (Fsp3) is 0.263. The number of halogens is 2. The van der Waals surface area contributed by atoms with Gasteiger partial charge in [0.05, 0.1) is 23.8 Å². The van der Waals surface area contributed by atoms with Gasteiger partial charge in [0.1, 0.15) is 11.4 Å². The first-order valence-corrected chi connectivity index (χ1v) is 7.98. The molecule has 0 bridgehead atoms. The van der Waals surface area contributed by atoms with E-state index in [0.29, 0.717) is 0 Å². The van der Waals surface area contributed by atoms with Crippen molar-refractivity contribution in [3.05, 3.63) is 69.8 Å². The summed E-state index contributed by atoms with van der Waals surface area (Å²) >= 11 is 0. The van der Waals surface area contributed by atoms with Gasteiger partial charge >= 0.3 is 0 Å². The van der Waals surface area contributed by atoms with Crippen molar-refractivity contribution in [3.8, 4) is 5.75 Å². The number of nitrogens with zero attached hydrogens (tertiary/aromatic N) is 2. The molecule has 0 fully saturated rings. The zero-order valence-electron chi connectivity index (χ0n) is 13.8. The molecule has 0 amide bonds. The number of aromatic nitrogens is 2. The summed E-state index contributed by atoms with van der Waals surface area (Å²) in [5, 5.41) is 0.0511. The van der Waals surface area contributed by atoms with Crippen LogP contribution < -0.4 is 10.3 Å². The third kappa shape index (κ3) is 2.67. The Labute approximate surface area is 142 Å². The van der Waals surface area contributed by atoms with E-state index in [1.807, 2.05) is 32.0 Å². The van der Waals surface area contributed by atoms with Crippen molar-refractivity contribution in [3.63, 3.8) is 0 Å². The minimum Gasteiger partial charge on any atom is -0.487 e. The van der Waals surface area contributed by atoms with Gasteiger partial charge in [-0.15, -0.1) is 0 Å². The summed E-state index contributed by atoms with van der Waals surface area (Å²) in [6.07, 6.45) is 2.15. The second-order valence-corrected chi connectivity index (χ2v) is 6.91. The summed E-state index contributed by atoms with van der Waals surface area (Å²) in [7, 11) is 0. The average molecular weight is 342 g/mol. The zero-order valence-corrected chi connectivity index (χ0v) is 13.8. The minimum absolute atomic E-state index is 0.0511. The molecule has 128 valence electrons. The molecule has 0 spiro atoms. The van der Waals surface area contributed by atoms with Crippen molar-refractivity contribution in [2.75, 3.05) is 0 Å². The summed E-state index contributed by atoms with van der Waals surface area (Å²) in [6, 6.07) is 7.65. The normalized spacial score (nSPS) is 15.2. The van der Waals surface area contributed by atoms with Gasteiger partial charge in [-0.05, 0) is 25.5 Å². The van der Waals surface area contributed by atoms with Crippen LogP contribution in [-0.2, 0) is 13.0 Å². The quantitative estimate of drug-likeness (QED) is 0.717. The highest BCUT2D eigenvalue weighted by Gasteiger charge is 2.31. The Morgan fingerprint density at radius 3 is 2.80 bits per heavy atom. The lowest BCUT2D eigenvalue weighted by Crippen LogP contribution is -2.25. The molecule has 0 radical (unpaired) electrons. The number of benzene rings is 2. The minimum atomic E-state index is -1.06. The number of hydrogen-bond acceptors (Lipinski definition) is 3. The number of fused-ring (bicyclic) bond motifs is 2. The van der Waals surface area contributed by atoms with Gasteiger partial charge in [-0.3, -0.25) is 9.36 Å². The maximum atomic E-state index is 13.5.